The number of hydrogen-bond acceptors (Lipinski definition) is 3. The van der Waals surface area contributed by atoms with Gasteiger partial charge in [0.25, 0.3) is 0 Å². The minimum absolute atomic E-state index is 0.195. The van der Waals surface area contributed by atoms with Gasteiger partial charge in [-0.1, -0.05) is 46.8 Å². The van der Waals surface area contributed by atoms with E-state index in [9.17, 15) is 9.59 Å². The number of ether oxygens (including phenoxy) is 1. The minimum Gasteiger partial charge on any atom is -0.444 e. The van der Waals surface area contributed by atoms with Crippen molar-refractivity contribution in [1.82, 2.24) is 5.32 Å². The van der Waals surface area contributed by atoms with Crippen LogP contribution >= 0.6 is 0 Å². The second-order valence-electron chi connectivity index (χ2n) is 16.6. The highest BCUT2D eigenvalue weighted by molar-refractivity contribution is 5.85. The van der Waals surface area contributed by atoms with Crippen LogP contribution in [-0.2, 0) is 9.53 Å². The van der Waals surface area contributed by atoms with E-state index in [-0.39, 0.29) is 33.3 Å². The van der Waals surface area contributed by atoms with Crippen molar-refractivity contribution in [3.05, 3.63) is 12.2 Å². The zero-order valence-electron chi connectivity index (χ0n) is 25.9. The molecule has 5 rings (SSSR count). The molecule has 0 aromatic carbocycles. The second kappa shape index (κ2) is 8.59. The topological polar surface area (TPSA) is 55.4 Å². The van der Waals surface area contributed by atoms with Crippen LogP contribution in [0, 0.1) is 51.2 Å². The third-order valence-electron chi connectivity index (χ3n) is 13.6. The Bertz CT molecular complexity index is 1020. The van der Waals surface area contributed by atoms with Crippen LogP contribution in [0.3, 0.4) is 0 Å². The van der Waals surface area contributed by atoms with Gasteiger partial charge in [0.15, 0.2) is 0 Å². The fraction of sp³-hybridized carbons (Fsp3) is 0.882. The maximum atomic E-state index is 13.2. The Hall–Kier alpha value is -1.32. The number of fused-ring (bicyclic) bond motifs is 7. The van der Waals surface area contributed by atoms with Gasteiger partial charge in [-0.25, -0.2) is 4.79 Å². The molecule has 0 spiro atoms. The van der Waals surface area contributed by atoms with Crippen LogP contribution in [0.2, 0.25) is 0 Å². The number of carbonyl (C=O) groups excluding carboxylic acids is 2. The van der Waals surface area contributed by atoms with E-state index in [1.807, 2.05) is 20.8 Å². The predicted molar refractivity (Wildman–Crippen MR) is 154 cm³/mol. The Morgan fingerprint density at radius 1 is 0.895 bits per heavy atom. The fourth-order valence-electron chi connectivity index (χ4n) is 11.7. The summed E-state index contributed by atoms with van der Waals surface area (Å²) < 4.78 is 5.81. The average molecular weight is 526 g/mol. The summed E-state index contributed by atoms with van der Waals surface area (Å²) >= 11 is 0. The molecule has 4 nitrogen and oxygen atoms in total. The highest BCUT2D eigenvalue weighted by atomic mass is 16.6. The molecule has 38 heavy (non-hydrogen) atoms. The van der Waals surface area contributed by atoms with Crippen LogP contribution in [0.5, 0.6) is 0 Å². The quantitative estimate of drug-likeness (QED) is 0.368. The van der Waals surface area contributed by atoms with Crippen molar-refractivity contribution in [1.29, 1.82) is 0 Å². The minimum atomic E-state index is -0.499. The lowest BCUT2D eigenvalue weighted by Gasteiger charge is -2.72. The van der Waals surface area contributed by atoms with Crippen LogP contribution in [0.1, 0.15) is 127 Å². The Balaban J connectivity index is 1.51. The highest BCUT2D eigenvalue weighted by Gasteiger charge is 2.71. The first-order chi connectivity index (χ1) is 17.4. The van der Waals surface area contributed by atoms with E-state index < -0.39 is 5.60 Å². The maximum Gasteiger partial charge on any atom is 0.408 e. The molecule has 5 saturated carbocycles. The third-order valence-corrected chi connectivity index (χ3v) is 13.6. The Morgan fingerprint density at radius 3 is 2.21 bits per heavy atom. The van der Waals surface area contributed by atoms with Gasteiger partial charge < -0.3 is 10.1 Å². The van der Waals surface area contributed by atoms with Crippen LogP contribution in [-0.4, -0.2) is 23.0 Å². The van der Waals surface area contributed by atoms with Crippen molar-refractivity contribution in [2.24, 2.45) is 51.2 Å². The Kier molecular flexibility index (Phi) is 6.38. The van der Waals surface area contributed by atoms with Crippen LogP contribution in [0.15, 0.2) is 12.2 Å². The molecule has 0 radical (unpaired) electrons. The van der Waals surface area contributed by atoms with E-state index in [0.29, 0.717) is 35.4 Å². The lowest BCUT2D eigenvalue weighted by Crippen LogP contribution is -2.69. The molecule has 5 aliphatic carbocycles. The molecule has 5 aliphatic rings. The van der Waals surface area contributed by atoms with Crippen LogP contribution < -0.4 is 5.32 Å². The lowest BCUT2D eigenvalue weighted by molar-refractivity contribution is -0.228. The molecule has 0 bridgehead atoms. The highest BCUT2D eigenvalue weighted by Crippen LogP contribution is 2.76. The fourth-order valence-corrected chi connectivity index (χ4v) is 11.7. The molecule has 6 unspecified atom stereocenters. The van der Waals surface area contributed by atoms with Gasteiger partial charge in [0.1, 0.15) is 11.4 Å². The summed E-state index contributed by atoms with van der Waals surface area (Å²) in [6.45, 7) is 24.8. The summed E-state index contributed by atoms with van der Waals surface area (Å²) in [6, 6.07) is 0. The van der Waals surface area contributed by atoms with Crippen LogP contribution in [0.25, 0.3) is 0 Å². The maximum absolute atomic E-state index is 13.2. The number of allylic oxidation sites excluding steroid dienone is 1. The van der Waals surface area contributed by atoms with E-state index in [0.717, 1.165) is 38.5 Å². The average Bonchev–Trinajstić information content (AvgIpc) is 3.15. The number of amides is 1. The molecule has 1 N–H and O–H groups in total. The smallest absolute Gasteiger partial charge is 0.408 e. The summed E-state index contributed by atoms with van der Waals surface area (Å²) in [5.74, 6) is 3.05. The van der Waals surface area contributed by atoms with E-state index in [4.69, 9.17) is 4.74 Å². The van der Waals surface area contributed by atoms with Crippen molar-refractivity contribution < 1.29 is 14.3 Å². The van der Waals surface area contributed by atoms with Crippen molar-refractivity contribution in [3.8, 4) is 0 Å². The monoisotopic (exact) mass is 525 g/mol. The van der Waals surface area contributed by atoms with Gasteiger partial charge in [0.2, 0.25) is 0 Å². The van der Waals surface area contributed by atoms with E-state index in [1.54, 1.807) is 0 Å². The Morgan fingerprint density at radius 2 is 1.58 bits per heavy atom. The van der Waals surface area contributed by atoms with Crippen molar-refractivity contribution in [2.45, 2.75) is 138 Å². The first kappa shape index (κ1) is 28.2. The number of alkyl carbamates (subject to hydrolysis) is 1. The molecule has 9 atom stereocenters. The molecule has 4 heteroatoms. The molecule has 0 saturated heterocycles. The Labute approximate surface area is 232 Å². The summed E-state index contributed by atoms with van der Waals surface area (Å²) in [6.07, 6.45) is 10.7. The molecule has 0 aromatic heterocycles. The van der Waals surface area contributed by atoms with Gasteiger partial charge >= 0.3 is 6.09 Å². The van der Waals surface area contributed by atoms with Gasteiger partial charge in [0, 0.05) is 17.4 Å². The molecular weight excluding hydrogens is 470 g/mol. The lowest BCUT2D eigenvalue weighted by atomic mass is 9.32. The van der Waals surface area contributed by atoms with E-state index in [1.165, 1.54) is 31.3 Å². The molecular formula is C34H55NO3. The third kappa shape index (κ3) is 3.80. The standard InChI is InChI=1S/C34H55NO3/c1-21(2)22-13-18-34(35-28(37)38-29(3,4)5)20-19-32(9)23(27(22)34)11-12-25-31(8)16-15-26(36)30(6,7)24(31)14-17-33(25,32)10/h22-25,27H,1,11-20H2,2-10H3,(H,35,37)/t22-,23?,24?,25?,27?,31?,32+,33+,34?/m0/s1. The molecule has 1 amide bonds. The van der Waals surface area contributed by atoms with Gasteiger partial charge in [-0.05, 0) is 131 Å². The SMILES string of the molecule is C=C(C)[C@@H]1CCC2(NC(=O)OC(C)(C)C)CC[C@]3(C)C(CCC4C5(C)CCC(=O)C(C)(C)C5CC[C@]43C)C12. The largest absolute Gasteiger partial charge is 0.444 e. The normalized spacial score (nSPS) is 47.7. The van der Waals surface area contributed by atoms with Crippen LogP contribution in [0.4, 0.5) is 4.79 Å². The molecule has 0 heterocycles. The van der Waals surface area contributed by atoms with Gasteiger partial charge in [-0.15, -0.1) is 0 Å². The first-order valence-electron chi connectivity index (χ1n) is 15.6. The van der Waals surface area contributed by atoms with E-state index in [2.05, 4.69) is 53.4 Å². The van der Waals surface area contributed by atoms with Crippen molar-refractivity contribution in [2.75, 3.05) is 0 Å². The number of rotatable bonds is 2. The molecule has 5 fully saturated rings. The zero-order chi connectivity index (χ0) is 28.1. The van der Waals surface area contributed by atoms with Crippen molar-refractivity contribution >= 4 is 11.9 Å². The van der Waals surface area contributed by atoms with Gasteiger partial charge in [0.05, 0.1) is 0 Å². The summed E-state index contributed by atoms with van der Waals surface area (Å²) in [7, 11) is 0. The summed E-state index contributed by atoms with van der Waals surface area (Å²) in [5, 5.41) is 3.50. The van der Waals surface area contributed by atoms with Crippen molar-refractivity contribution in [3.63, 3.8) is 0 Å². The molecule has 0 aliphatic heterocycles. The molecule has 214 valence electrons. The number of nitrogens with one attached hydrogen (secondary N) is 1. The van der Waals surface area contributed by atoms with E-state index >= 15 is 0 Å². The number of Topliss-reactive ketones (excluding diaryl/α,β-unsaturated/α-hetero) is 1. The van der Waals surface area contributed by atoms with Gasteiger partial charge in [-0.2, -0.15) is 0 Å². The second-order valence-corrected chi connectivity index (χ2v) is 16.6. The summed E-state index contributed by atoms with van der Waals surface area (Å²) in [4.78, 5) is 26.2. The first-order valence-corrected chi connectivity index (χ1v) is 15.6. The van der Waals surface area contributed by atoms with Gasteiger partial charge in [-0.3, -0.25) is 4.79 Å². The number of carbonyl (C=O) groups is 2. The number of hydrogen-bond donors (Lipinski definition) is 1. The number of ketones is 1. The zero-order valence-corrected chi connectivity index (χ0v) is 25.9. The summed E-state index contributed by atoms with van der Waals surface area (Å²) in [5.41, 5.74) is 1.07. The predicted octanol–water partition coefficient (Wildman–Crippen LogP) is 8.49. The molecule has 0 aromatic rings.